The molecule has 2 aromatic heterocycles. The maximum Gasteiger partial charge on any atom is 0.111 e. The molecule has 8 aromatic carbocycles. The summed E-state index contributed by atoms with van der Waals surface area (Å²) in [5.41, 5.74) is 11.3. The lowest BCUT2D eigenvalue weighted by atomic mass is 9.88. The van der Waals surface area contributed by atoms with E-state index in [1.165, 1.54) is 54.6 Å². The molecule has 10 rings (SSSR count). The molecule has 0 spiro atoms. The van der Waals surface area contributed by atoms with Gasteiger partial charge in [-0.25, -0.2) is 9.97 Å². The van der Waals surface area contributed by atoms with Gasteiger partial charge in [0.05, 0.1) is 33.4 Å². The van der Waals surface area contributed by atoms with Crippen molar-refractivity contribution in [2.45, 2.75) is 13.8 Å². The summed E-state index contributed by atoms with van der Waals surface area (Å²) in [7, 11) is 0. The minimum Gasteiger partial charge on any atom is -0.296 e. The molecule has 50 heavy (non-hydrogen) atoms. The fourth-order valence-electron chi connectivity index (χ4n) is 8.03. The summed E-state index contributed by atoms with van der Waals surface area (Å²) in [6.45, 7) is 4.20. The zero-order valence-electron chi connectivity index (χ0n) is 27.8. The number of fused-ring (bicyclic) bond motifs is 5. The number of rotatable bonds is 4. The Kier molecular flexibility index (Phi) is 6.27. The molecule has 0 fully saturated rings. The number of aryl methyl sites for hydroxylation is 2. The molecule has 4 heteroatoms. The van der Waals surface area contributed by atoms with Crippen molar-refractivity contribution >= 4 is 54.4 Å². The molecule has 10 aromatic rings. The predicted octanol–water partition coefficient (Wildman–Crippen LogP) is 11.8. The van der Waals surface area contributed by atoms with Crippen LogP contribution in [0.2, 0.25) is 0 Å². The minimum absolute atomic E-state index is 0.961. The van der Waals surface area contributed by atoms with Crippen LogP contribution in [-0.4, -0.2) is 19.1 Å². The average Bonchev–Trinajstić information content (AvgIpc) is 3.68. The fraction of sp³-hybridized carbons (Fsp3) is 0.0435. The molecule has 4 nitrogen and oxygen atoms in total. The number of para-hydroxylation sites is 4. The number of nitrogens with zero attached hydrogens (tertiary/aromatic N) is 4. The van der Waals surface area contributed by atoms with E-state index in [1.54, 1.807) is 0 Å². The summed E-state index contributed by atoms with van der Waals surface area (Å²) in [5.74, 6) is 1.92. The van der Waals surface area contributed by atoms with Crippen LogP contribution >= 0.6 is 0 Å². The number of imidazole rings is 2. The second-order valence-corrected chi connectivity index (χ2v) is 13.1. The van der Waals surface area contributed by atoms with Gasteiger partial charge in [-0.3, -0.25) is 9.13 Å². The molecular weight excluding hydrogens is 609 g/mol. The second-order valence-electron chi connectivity index (χ2n) is 13.1. The van der Waals surface area contributed by atoms with Gasteiger partial charge in [0.1, 0.15) is 11.6 Å². The van der Waals surface area contributed by atoms with Crippen LogP contribution in [0.5, 0.6) is 0 Å². The molecule has 0 aliphatic carbocycles. The molecule has 0 N–H and O–H groups in total. The van der Waals surface area contributed by atoms with Crippen LogP contribution in [0.1, 0.15) is 11.6 Å². The predicted molar refractivity (Wildman–Crippen MR) is 209 cm³/mol. The van der Waals surface area contributed by atoms with E-state index < -0.39 is 0 Å². The molecule has 0 bridgehead atoms. The number of hydrogen-bond acceptors (Lipinski definition) is 2. The highest BCUT2D eigenvalue weighted by Crippen LogP contribution is 2.43. The fourth-order valence-corrected chi connectivity index (χ4v) is 8.03. The molecule has 2 heterocycles. The quantitative estimate of drug-likeness (QED) is 0.179. The number of benzene rings is 8. The van der Waals surface area contributed by atoms with E-state index >= 15 is 0 Å². The van der Waals surface area contributed by atoms with Crippen molar-refractivity contribution in [2.75, 3.05) is 0 Å². The van der Waals surface area contributed by atoms with Gasteiger partial charge in [0.2, 0.25) is 0 Å². The molecule has 0 saturated carbocycles. The van der Waals surface area contributed by atoms with E-state index in [-0.39, 0.29) is 0 Å². The largest absolute Gasteiger partial charge is 0.296 e. The maximum atomic E-state index is 4.97. The first kappa shape index (κ1) is 28.5. The minimum atomic E-state index is 0.961. The molecule has 0 radical (unpaired) electrons. The Labute approximate surface area is 289 Å². The summed E-state index contributed by atoms with van der Waals surface area (Å²) in [5, 5.41) is 7.21. The van der Waals surface area contributed by atoms with E-state index in [0.29, 0.717) is 0 Å². The summed E-state index contributed by atoms with van der Waals surface area (Å²) in [6.07, 6.45) is 0. The van der Waals surface area contributed by atoms with Crippen molar-refractivity contribution < 1.29 is 0 Å². The van der Waals surface area contributed by atoms with Crippen LogP contribution < -0.4 is 0 Å². The van der Waals surface area contributed by atoms with Gasteiger partial charge in [0.25, 0.3) is 0 Å². The van der Waals surface area contributed by atoms with Crippen LogP contribution in [0.15, 0.2) is 158 Å². The number of aromatic nitrogens is 4. The van der Waals surface area contributed by atoms with E-state index in [9.17, 15) is 0 Å². The van der Waals surface area contributed by atoms with Gasteiger partial charge in [-0.15, -0.1) is 0 Å². The first-order chi connectivity index (χ1) is 24.6. The standard InChI is InChI=1S/C46H32N4/c1-29-47-40-19-6-8-21-44(40)49(29)42-23-11-17-35-38(42)28-39-36(18-12-24-43(39)50-30(2)48-41-20-7-9-22-45(41)50)46(35)33-26-25-32-15-10-16-34(37(32)27-33)31-13-4-3-5-14-31/h3-28H,1-2H3. The van der Waals surface area contributed by atoms with Crippen LogP contribution in [0, 0.1) is 13.8 Å². The lowest BCUT2D eigenvalue weighted by Crippen LogP contribution is -2.01. The molecule has 0 aliphatic heterocycles. The van der Waals surface area contributed by atoms with Gasteiger partial charge in [-0.2, -0.15) is 0 Å². The number of hydrogen-bond donors (Lipinski definition) is 0. The molecule has 236 valence electrons. The first-order valence-electron chi connectivity index (χ1n) is 17.1. The lowest BCUT2D eigenvalue weighted by molar-refractivity contribution is 1.01. The van der Waals surface area contributed by atoms with Gasteiger partial charge in [0, 0.05) is 10.8 Å². The van der Waals surface area contributed by atoms with Gasteiger partial charge in [-0.05, 0) is 106 Å². The van der Waals surface area contributed by atoms with Crippen molar-refractivity contribution in [2.24, 2.45) is 0 Å². The SMILES string of the molecule is Cc1nc2ccccc2n1-c1cccc2c(-c3ccc4cccc(-c5ccccc5)c4c3)c3cccc(-n4c(C)nc5ccccc54)c3cc12. The molecule has 0 aliphatic rings. The zero-order chi connectivity index (χ0) is 33.3. The third-order valence-electron chi connectivity index (χ3n) is 10.2. The highest BCUT2D eigenvalue weighted by Gasteiger charge is 2.20. The Morgan fingerprint density at radius 3 is 1.58 bits per heavy atom. The Hall–Kier alpha value is -6.52. The normalized spacial score (nSPS) is 11.8. The molecule has 0 unspecified atom stereocenters. The third kappa shape index (κ3) is 4.25. The van der Waals surface area contributed by atoms with Gasteiger partial charge in [-0.1, -0.05) is 109 Å². The van der Waals surface area contributed by atoms with Gasteiger partial charge >= 0.3 is 0 Å². The van der Waals surface area contributed by atoms with E-state index in [4.69, 9.17) is 9.97 Å². The van der Waals surface area contributed by atoms with Crippen molar-refractivity contribution in [3.05, 3.63) is 169 Å². The Bertz CT molecular complexity index is 2810. The van der Waals surface area contributed by atoms with Crippen LogP contribution in [0.25, 0.3) is 88.0 Å². The van der Waals surface area contributed by atoms with Crippen molar-refractivity contribution in [1.29, 1.82) is 0 Å². The summed E-state index contributed by atoms with van der Waals surface area (Å²) in [4.78, 5) is 9.93. The zero-order valence-corrected chi connectivity index (χ0v) is 27.8. The van der Waals surface area contributed by atoms with E-state index in [2.05, 4.69) is 181 Å². The summed E-state index contributed by atoms with van der Waals surface area (Å²) >= 11 is 0. The summed E-state index contributed by atoms with van der Waals surface area (Å²) < 4.78 is 4.61. The highest BCUT2D eigenvalue weighted by molar-refractivity contribution is 6.17. The Balaban J connectivity index is 1.35. The first-order valence-corrected chi connectivity index (χ1v) is 17.1. The van der Waals surface area contributed by atoms with E-state index in [1.807, 2.05) is 0 Å². The van der Waals surface area contributed by atoms with Crippen LogP contribution in [-0.2, 0) is 0 Å². The van der Waals surface area contributed by atoms with Crippen LogP contribution in [0.4, 0.5) is 0 Å². The smallest absolute Gasteiger partial charge is 0.111 e. The van der Waals surface area contributed by atoms with Crippen molar-refractivity contribution in [3.63, 3.8) is 0 Å². The summed E-state index contributed by atoms with van der Waals surface area (Å²) in [6, 6.07) is 56.9. The molecule has 0 atom stereocenters. The maximum absolute atomic E-state index is 4.97. The van der Waals surface area contributed by atoms with Crippen molar-refractivity contribution in [1.82, 2.24) is 19.1 Å². The molecule has 0 saturated heterocycles. The molecule has 0 amide bonds. The molecular formula is C46H32N4. The van der Waals surface area contributed by atoms with Gasteiger partial charge < -0.3 is 0 Å². The highest BCUT2D eigenvalue weighted by atomic mass is 15.1. The van der Waals surface area contributed by atoms with E-state index in [0.717, 1.165) is 45.1 Å². The average molecular weight is 641 g/mol. The third-order valence-corrected chi connectivity index (χ3v) is 10.2. The topological polar surface area (TPSA) is 35.6 Å². The Morgan fingerprint density at radius 2 is 0.960 bits per heavy atom. The monoisotopic (exact) mass is 640 g/mol. The Morgan fingerprint density at radius 1 is 0.400 bits per heavy atom. The van der Waals surface area contributed by atoms with Gasteiger partial charge in [0.15, 0.2) is 0 Å². The lowest BCUT2D eigenvalue weighted by Gasteiger charge is -2.19. The van der Waals surface area contributed by atoms with Crippen LogP contribution in [0.3, 0.4) is 0 Å². The van der Waals surface area contributed by atoms with Crippen molar-refractivity contribution in [3.8, 4) is 33.6 Å². The second kappa shape index (κ2) is 11.0.